The molecule has 0 saturated heterocycles. The molecule has 0 heterocycles. The first-order chi connectivity index (χ1) is 6.36. The van der Waals surface area contributed by atoms with E-state index in [-0.39, 0.29) is 0 Å². The molecule has 0 aromatic rings. The second kappa shape index (κ2) is 6.39. The highest BCUT2D eigenvalue weighted by molar-refractivity contribution is 4.72. The van der Waals surface area contributed by atoms with Gasteiger partial charge in [-0.15, -0.1) is 0 Å². The van der Waals surface area contributed by atoms with Gasteiger partial charge in [-0.25, -0.2) is 0 Å². The Morgan fingerprint density at radius 3 is 2.23 bits per heavy atom. The molecule has 2 nitrogen and oxygen atoms in total. The monoisotopic (exact) mass is 186 g/mol. The van der Waals surface area contributed by atoms with Crippen molar-refractivity contribution in [1.82, 2.24) is 0 Å². The lowest BCUT2D eigenvalue weighted by atomic mass is 9.78. The third-order valence-electron chi connectivity index (χ3n) is 3.20. The van der Waals surface area contributed by atoms with Gasteiger partial charge < -0.3 is 10.2 Å². The van der Waals surface area contributed by atoms with Crippen molar-refractivity contribution in [3.63, 3.8) is 0 Å². The molecule has 0 aromatic carbocycles. The molecule has 1 rings (SSSR count). The fraction of sp³-hybridized carbons (Fsp3) is 1.00. The molecule has 1 fully saturated rings. The molecular formula is C11H22O2. The maximum atomic E-state index is 8.84. The Morgan fingerprint density at radius 2 is 1.62 bits per heavy atom. The minimum absolute atomic E-state index is 0.334. The summed E-state index contributed by atoms with van der Waals surface area (Å²) in [5, 5.41) is 17.6. The van der Waals surface area contributed by atoms with Crippen molar-refractivity contribution < 1.29 is 10.2 Å². The summed E-state index contributed by atoms with van der Waals surface area (Å²) in [7, 11) is 0. The quantitative estimate of drug-likeness (QED) is 0.689. The van der Waals surface area contributed by atoms with Gasteiger partial charge in [0.1, 0.15) is 0 Å². The van der Waals surface area contributed by atoms with Crippen molar-refractivity contribution >= 4 is 0 Å². The second-order valence-electron chi connectivity index (χ2n) is 4.28. The van der Waals surface area contributed by atoms with Gasteiger partial charge >= 0.3 is 0 Å². The van der Waals surface area contributed by atoms with Crippen molar-refractivity contribution in [3.8, 4) is 0 Å². The van der Waals surface area contributed by atoms with Gasteiger partial charge in [-0.1, -0.05) is 19.3 Å². The Hall–Kier alpha value is -0.0800. The SMILES string of the molecule is OCCCC1CCCC(CCO)C1. The highest BCUT2D eigenvalue weighted by Gasteiger charge is 2.20. The average molecular weight is 186 g/mol. The average Bonchev–Trinajstić information content (AvgIpc) is 2.16. The van der Waals surface area contributed by atoms with Crippen LogP contribution < -0.4 is 0 Å². The molecule has 1 saturated carbocycles. The van der Waals surface area contributed by atoms with Crippen LogP contribution in [0.3, 0.4) is 0 Å². The van der Waals surface area contributed by atoms with Crippen LogP contribution in [-0.4, -0.2) is 23.4 Å². The summed E-state index contributed by atoms with van der Waals surface area (Å²) in [5.74, 6) is 1.57. The summed E-state index contributed by atoms with van der Waals surface area (Å²) in [6, 6.07) is 0. The summed E-state index contributed by atoms with van der Waals surface area (Å²) in [5.41, 5.74) is 0. The molecule has 1 aliphatic carbocycles. The zero-order valence-corrected chi connectivity index (χ0v) is 8.41. The molecular weight excluding hydrogens is 164 g/mol. The van der Waals surface area contributed by atoms with Crippen molar-refractivity contribution in [3.05, 3.63) is 0 Å². The number of aliphatic hydroxyl groups is 2. The van der Waals surface area contributed by atoms with Crippen LogP contribution in [0.1, 0.15) is 44.9 Å². The van der Waals surface area contributed by atoms with Gasteiger partial charge in [0.05, 0.1) is 0 Å². The number of aliphatic hydroxyl groups excluding tert-OH is 2. The van der Waals surface area contributed by atoms with Crippen molar-refractivity contribution in [2.75, 3.05) is 13.2 Å². The van der Waals surface area contributed by atoms with E-state index in [0.29, 0.717) is 13.2 Å². The first-order valence-electron chi connectivity index (χ1n) is 5.58. The maximum Gasteiger partial charge on any atom is 0.0433 e. The smallest absolute Gasteiger partial charge is 0.0433 e. The lowest BCUT2D eigenvalue weighted by Gasteiger charge is -2.28. The molecule has 0 spiro atoms. The van der Waals surface area contributed by atoms with Gasteiger partial charge in [0.25, 0.3) is 0 Å². The van der Waals surface area contributed by atoms with Gasteiger partial charge in [-0.2, -0.15) is 0 Å². The molecule has 0 radical (unpaired) electrons. The summed E-state index contributed by atoms with van der Waals surface area (Å²) >= 11 is 0. The highest BCUT2D eigenvalue weighted by Crippen LogP contribution is 2.33. The molecule has 2 N–H and O–H groups in total. The Kier molecular flexibility index (Phi) is 5.40. The zero-order valence-electron chi connectivity index (χ0n) is 8.41. The van der Waals surface area contributed by atoms with Gasteiger partial charge in [-0.05, 0) is 37.5 Å². The number of rotatable bonds is 5. The molecule has 2 heteroatoms. The van der Waals surface area contributed by atoms with Gasteiger partial charge in [0, 0.05) is 13.2 Å². The summed E-state index contributed by atoms with van der Waals surface area (Å²) in [6.07, 6.45) is 8.35. The van der Waals surface area contributed by atoms with Crippen molar-refractivity contribution in [1.29, 1.82) is 0 Å². The van der Waals surface area contributed by atoms with Crippen LogP contribution in [0.15, 0.2) is 0 Å². The van der Waals surface area contributed by atoms with Crippen molar-refractivity contribution in [2.45, 2.75) is 44.9 Å². The van der Waals surface area contributed by atoms with E-state index in [0.717, 1.165) is 24.7 Å². The van der Waals surface area contributed by atoms with Crippen LogP contribution in [0.2, 0.25) is 0 Å². The van der Waals surface area contributed by atoms with E-state index in [4.69, 9.17) is 10.2 Å². The Balaban J connectivity index is 2.16. The number of hydrogen-bond acceptors (Lipinski definition) is 2. The molecule has 0 aromatic heterocycles. The summed E-state index contributed by atoms with van der Waals surface area (Å²) in [6.45, 7) is 0.679. The zero-order chi connectivity index (χ0) is 9.52. The number of hydrogen-bond donors (Lipinski definition) is 2. The van der Waals surface area contributed by atoms with E-state index in [1.54, 1.807) is 0 Å². The Bertz CT molecular complexity index is 123. The summed E-state index contributed by atoms with van der Waals surface area (Å²) < 4.78 is 0. The molecule has 2 atom stereocenters. The molecule has 0 aliphatic heterocycles. The van der Waals surface area contributed by atoms with Gasteiger partial charge in [-0.3, -0.25) is 0 Å². The first-order valence-corrected chi connectivity index (χ1v) is 5.58. The maximum absolute atomic E-state index is 8.84. The minimum Gasteiger partial charge on any atom is -0.396 e. The normalized spacial score (nSPS) is 29.1. The van der Waals surface area contributed by atoms with Crippen LogP contribution in [0, 0.1) is 11.8 Å². The van der Waals surface area contributed by atoms with Gasteiger partial charge in [0.15, 0.2) is 0 Å². The minimum atomic E-state index is 0.334. The second-order valence-corrected chi connectivity index (χ2v) is 4.28. The van der Waals surface area contributed by atoms with Crippen LogP contribution in [0.5, 0.6) is 0 Å². The topological polar surface area (TPSA) is 40.5 Å². The Labute approximate surface area is 81.0 Å². The fourth-order valence-electron chi connectivity index (χ4n) is 2.49. The predicted octanol–water partition coefficient (Wildman–Crippen LogP) is 1.95. The van der Waals surface area contributed by atoms with E-state index in [9.17, 15) is 0 Å². The van der Waals surface area contributed by atoms with E-state index in [1.807, 2.05) is 0 Å². The van der Waals surface area contributed by atoms with E-state index < -0.39 is 0 Å². The van der Waals surface area contributed by atoms with Crippen molar-refractivity contribution in [2.24, 2.45) is 11.8 Å². The fourth-order valence-corrected chi connectivity index (χ4v) is 2.49. The highest BCUT2D eigenvalue weighted by atomic mass is 16.3. The summed E-state index contributed by atoms with van der Waals surface area (Å²) in [4.78, 5) is 0. The molecule has 0 amide bonds. The largest absolute Gasteiger partial charge is 0.396 e. The molecule has 1 aliphatic rings. The van der Waals surface area contributed by atoms with Crippen LogP contribution in [0.25, 0.3) is 0 Å². The van der Waals surface area contributed by atoms with Crippen LogP contribution in [0.4, 0.5) is 0 Å². The van der Waals surface area contributed by atoms with E-state index in [2.05, 4.69) is 0 Å². The van der Waals surface area contributed by atoms with E-state index >= 15 is 0 Å². The Morgan fingerprint density at radius 1 is 0.923 bits per heavy atom. The first kappa shape index (κ1) is 11.0. The van der Waals surface area contributed by atoms with Crippen LogP contribution >= 0.6 is 0 Å². The molecule has 2 unspecified atom stereocenters. The predicted molar refractivity (Wildman–Crippen MR) is 53.5 cm³/mol. The molecule has 78 valence electrons. The third-order valence-corrected chi connectivity index (χ3v) is 3.20. The standard InChI is InChI=1S/C11H22O2/c12-7-2-5-10-3-1-4-11(9-10)6-8-13/h10-13H,1-9H2. The van der Waals surface area contributed by atoms with Crippen LogP contribution in [-0.2, 0) is 0 Å². The van der Waals surface area contributed by atoms with E-state index in [1.165, 1.54) is 32.1 Å². The third kappa shape index (κ3) is 4.10. The molecule has 0 bridgehead atoms. The lowest BCUT2D eigenvalue weighted by Crippen LogP contribution is -2.16. The molecule has 13 heavy (non-hydrogen) atoms. The van der Waals surface area contributed by atoms with Gasteiger partial charge in [0.2, 0.25) is 0 Å². The lowest BCUT2D eigenvalue weighted by molar-refractivity contribution is 0.185.